The van der Waals surface area contributed by atoms with Crippen molar-refractivity contribution in [2.24, 2.45) is 0 Å². The first-order chi connectivity index (χ1) is 24.7. The molecule has 3 heterocycles. The van der Waals surface area contributed by atoms with Gasteiger partial charge >= 0.3 is 0 Å². The van der Waals surface area contributed by atoms with Crippen LogP contribution in [-0.2, 0) is 0 Å². The number of aromatic nitrogens is 3. The molecule has 0 saturated heterocycles. The number of hydrogen-bond donors (Lipinski definition) is 0. The molecule has 0 amide bonds. The van der Waals surface area contributed by atoms with Crippen molar-refractivity contribution >= 4 is 53.4 Å². The number of para-hydroxylation sites is 1. The number of nitrogens with zero attached hydrogens (tertiary/aromatic N) is 3. The quantitative estimate of drug-likeness (QED) is 0.205. The molecule has 0 unspecified atom stereocenters. The van der Waals surface area contributed by atoms with Gasteiger partial charge < -0.3 is 4.42 Å². The number of benzene rings is 6. The van der Waals surface area contributed by atoms with Crippen LogP contribution in [0.15, 0.2) is 144 Å². The van der Waals surface area contributed by atoms with E-state index in [2.05, 4.69) is 0 Å². The molecular formula is C39H23N3OS. The molecule has 4 nitrogen and oxygen atoms in total. The van der Waals surface area contributed by atoms with E-state index in [-0.39, 0.29) is 51.0 Å². The van der Waals surface area contributed by atoms with Gasteiger partial charge in [0.1, 0.15) is 11.2 Å². The van der Waals surface area contributed by atoms with Crippen LogP contribution in [0.4, 0.5) is 0 Å². The van der Waals surface area contributed by atoms with E-state index in [1.54, 1.807) is 0 Å². The second-order valence-corrected chi connectivity index (χ2v) is 11.3. The molecule has 0 aliphatic rings. The van der Waals surface area contributed by atoms with Crippen molar-refractivity contribution in [1.29, 1.82) is 0 Å². The average molecular weight is 589 g/mol. The standard InChI is InChI=1S/C39H23N3OS/c1-2-10-24(11-3-1)25-12-8-13-26(22-25)37-40-38(27-20-21-29-28-14-4-6-18-33(28)43-34(29)23-27)42-39(41-37)32-17-9-16-31-30-15-5-7-19-35(30)44-36(31)32/h1-23H/i5D,7D,9D,15D,16D,17D,19D. The van der Waals surface area contributed by atoms with Crippen LogP contribution >= 0.6 is 11.3 Å². The summed E-state index contributed by atoms with van der Waals surface area (Å²) in [7, 11) is 0. The number of fused-ring (bicyclic) bond motifs is 6. The first-order valence-electron chi connectivity index (χ1n) is 17.5. The van der Waals surface area contributed by atoms with Crippen LogP contribution in [0.25, 0.3) is 87.4 Å². The van der Waals surface area contributed by atoms with E-state index in [1.807, 2.05) is 97.1 Å². The molecule has 0 N–H and O–H groups in total. The van der Waals surface area contributed by atoms with Gasteiger partial charge in [-0.25, -0.2) is 15.0 Å². The molecule has 5 heteroatoms. The Kier molecular flexibility index (Phi) is 4.26. The van der Waals surface area contributed by atoms with Gasteiger partial charge in [0.15, 0.2) is 17.5 Å². The fraction of sp³-hybridized carbons (Fsp3) is 0. The zero-order chi connectivity index (χ0) is 35.1. The predicted octanol–water partition coefficient (Wildman–Crippen LogP) is 10.8. The van der Waals surface area contributed by atoms with Gasteiger partial charge in [0.05, 0.1) is 9.60 Å². The van der Waals surface area contributed by atoms with Crippen molar-refractivity contribution in [2.45, 2.75) is 0 Å². The Hall–Kier alpha value is -5.65. The number of hydrogen-bond acceptors (Lipinski definition) is 5. The Balaban J connectivity index is 1.34. The fourth-order valence-electron chi connectivity index (χ4n) is 5.57. The molecule has 3 aromatic heterocycles. The Morgan fingerprint density at radius 2 is 1.20 bits per heavy atom. The van der Waals surface area contributed by atoms with Crippen molar-refractivity contribution in [1.82, 2.24) is 15.0 Å². The summed E-state index contributed by atoms with van der Waals surface area (Å²) >= 11 is 1.04. The molecule has 9 aromatic rings. The summed E-state index contributed by atoms with van der Waals surface area (Å²) in [5, 5.41) is 2.22. The molecule has 0 aliphatic heterocycles. The van der Waals surface area contributed by atoms with Crippen LogP contribution in [0.2, 0.25) is 0 Å². The first kappa shape index (κ1) is 18.8. The maximum atomic E-state index is 9.10. The summed E-state index contributed by atoms with van der Waals surface area (Å²) in [6, 6.07) is 28.8. The lowest BCUT2D eigenvalue weighted by atomic mass is 10.0. The largest absolute Gasteiger partial charge is 0.456 e. The Morgan fingerprint density at radius 3 is 2.11 bits per heavy atom. The highest BCUT2D eigenvalue weighted by Gasteiger charge is 2.18. The van der Waals surface area contributed by atoms with Crippen LogP contribution in [0, 0.1) is 0 Å². The minimum absolute atomic E-state index is 0.0788. The summed E-state index contributed by atoms with van der Waals surface area (Å²) in [6.45, 7) is 0. The van der Waals surface area contributed by atoms with E-state index in [9.17, 15) is 0 Å². The Bertz CT molecular complexity index is 2910. The maximum Gasteiger partial charge on any atom is 0.165 e. The van der Waals surface area contributed by atoms with Gasteiger partial charge in [-0.05, 0) is 47.5 Å². The topological polar surface area (TPSA) is 51.8 Å². The number of furan rings is 1. The lowest BCUT2D eigenvalue weighted by Gasteiger charge is -2.10. The predicted molar refractivity (Wildman–Crippen MR) is 182 cm³/mol. The number of thiophene rings is 1. The van der Waals surface area contributed by atoms with E-state index in [0.717, 1.165) is 38.8 Å². The molecule has 0 spiro atoms. The third-order valence-electron chi connectivity index (χ3n) is 7.66. The highest BCUT2D eigenvalue weighted by molar-refractivity contribution is 7.26. The summed E-state index contributed by atoms with van der Waals surface area (Å²) in [5.41, 5.74) is 4.82. The minimum atomic E-state index is -0.432. The normalized spacial score (nSPS) is 13.9. The van der Waals surface area contributed by atoms with Gasteiger partial charge in [0.25, 0.3) is 0 Å². The van der Waals surface area contributed by atoms with Gasteiger partial charge in [0, 0.05) is 47.6 Å². The van der Waals surface area contributed by atoms with E-state index in [4.69, 9.17) is 29.0 Å². The molecule has 0 saturated carbocycles. The van der Waals surface area contributed by atoms with Gasteiger partial charge in [-0.15, -0.1) is 11.3 Å². The monoisotopic (exact) mass is 588 g/mol. The second-order valence-electron chi connectivity index (χ2n) is 10.3. The summed E-state index contributed by atoms with van der Waals surface area (Å²) < 4.78 is 67.4. The third kappa shape index (κ3) is 4.09. The van der Waals surface area contributed by atoms with Crippen molar-refractivity contribution in [3.63, 3.8) is 0 Å². The Morgan fingerprint density at radius 1 is 0.500 bits per heavy atom. The number of rotatable bonds is 4. The van der Waals surface area contributed by atoms with Crippen molar-refractivity contribution in [2.75, 3.05) is 0 Å². The van der Waals surface area contributed by atoms with E-state index in [0.29, 0.717) is 33.1 Å². The molecule has 0 radical (unpaired) electrons. The van der Waals surface area contributed by atoms with Crippen molar-refractivity contribution < 1.29 is 14.0 Å². The molecule has 0 fully saturated rings. The highest BCUT2D eigenvalue weighted by atomic mass is 32.1. The smallest absolute Gasteiger partial charge is 0.165 e. The zero-order valence-corrected chi connectivity index (χ0v) is 23.7. The minimum Gasteiger partial charge on any atom is -0.456 e. The molecule has 0 atom stereocenters. The van der Waals surface area contributed by atoms with Gasteiger partial charge in [-0.2, -0.15) is 0 Å². The zero-order valence-electron chi connectivity index (χ0n) is 29.9. The molecule has 0 aliphatic carbocycles. The first-order valence-corrected chi connectivity index (χ1v) is 14.8. The maximum absolute atomic E-state index is 9.10. The van der Waals surface area contributed by atoms with E-state index < -0.39 is 18.1 Å². The third-order valence-corrected chi connectivity index (χ3v) is 8.78. The van der Waals surface area contributed by atoms with Gasteiger partial charge in [0.2, 0.25) is 0 Å². The van der Waals surface area contributed by atoms with Crippen LogP contribution < -0.4 is 0 Å². The highest BCUT2D eigenvalue weighted by Crippen LogP contribution is 2.40. The molecule has 6 aromatic carbocycles. The SMILES string of the molecule is [2H]c1c([2H])c([2H])c2c(sc3c(-c4nc(-c5cccc(-c6ccccc6)c5)nc(-c5ccc6c(c5)oc5ccccc56)n4)c([2H])c([2H])c([2H])c32)c1[2H]. The van der Waals surface area contributed by atoms with Crippen molar-refractivity contribution in [3.05, 3.63) is 139 Å². The second kappa shape index (κ2) is 9.97. The molecular weight excluding hydrogens is 559 g/mol. The van der Waals surface area contributed by atoms with Crippen LogP contribution in [0.1, 0.15) is 9.60 Å². The van der Waals surface area contributed by atoms with Gasteiger partial charge in [-0.1, -0.05) is 103 Å². The molecule has 0 bridgehead atoms. The fourth-order valence-corrected chi connectivity index (χ4v) is 6.63. The summed E-state index contributed by atoms with van der Waals surface area (Å²) in [5.74, 6) is 0.689. The van der Waals surface area contributed by atoms with E-state index >= 15 is 0 Å². The lowest BCUT2D eigenvalue weighted by Crippen LogP contribution is -2.00. The van der Waals surface area contributed by atoms with Crippen LogP contribution in [0.3, 0.4) is 0 Å². The van der Waals surface area contributed by atoms with Crippen LogP contribution in [0.5, 0.6) is 0 Å². The summed E-state index contributed by atoms with van der Waals surface area (Å²) in [6.07, 6.45) is 0. The van der Waals surface area contributed by atoms with Gasteiger partial charge in [-0.3, -0.25) is 0 Å². The van der Waals surface area contributed by atoms with E-state index in [1.165, 1.54) is 0 Å². The lowest BCUT2D eigenvalue weighted by molar-refractivity contribution is 0.669. The molecule has 206 valence electrons. The molecule has 44 heavy (non-hydrogen) atoms. The van der Waals surface area contributed by atoms with Crippen molar-refractivity contribution in [3.8, 4) is 45.3 Å². The molecule has 9 rings (SSSR count). The average Bonchev–Trinajstić information content (AvgIpc) is 3.75. The van der Waals surface area contributed by atoms with Crippen LogP contribution in [-0.4, -0.2) is 15.0 Å². The Labute approximate surface area is 266 Å². The summed E-state index contributed by atoms with van der Waals surface area (Å²) in [4.78, 5) is 14.7.